The summed E-state index contributed by atoms with van der Waals surface area (Å²) in [5.41, 5.74) is 6.44. The Bertz CT molecular complexity index is 356. The molecule has 5 nitrogen and oxygen atoms in total. The Labute approximate surface area is 88.4 Å². The number of H-pyrrole nitrogens is 1. The van der Waals surface area contributed by atoms with Gasteiger partial charge in [0.2, 0.25) is 5.91 Å². The lowest BCUT2D eigenvalue weighted by Gasteiger charge is -2.10. The normalized spacial score (nSPS) is 17.4. The third kappa shape index (κ3) is 2.29. The van der Waals surface area contributed by atoms with Crippen LogP contribution < -0.4 is 11.1 Å². The van der Waals surface area contributed by atoms with Gasteiger partial charge in [-0.25, -0.2) is 0 Å². The van der Waals surface area contributed by atoms with Crippen LogP contribution in [0, 0.1) is 11.8 Å². The van der Waals surface area contributed by atoms with E-state index >= 15 is 0 Å². The highest BCUT2D eigenvalue weighted by molar-refractivity contribution is 5.79. The molecule has 0 aromatic carbocycles. The van der Waals surface area contributed by atoms with Crippen LogP contribution in [0.3, 0.4) is 0 Å². The monoisotopic (exact) mass is 208 g/mol. The van der Waals surface area contributed by atoms with Crippen molar-refractivity contribution in [2.45, 2.75) is 26.3 Å². The number of nitrogens with zero attached hydrogens (tertiary/aromatic N) is 1. The van der Waals surface area contributed by atoms with Gasteiger partial charge in [0.05, 0.1) is 6.20 Å². The predicted octanol–water partition coefficient (Wildman–Crippen LogP) is 0.654. The molecule has 15 heavy (non-hydrogen) atoms. The summed E-state index contributed by atoms with van der Waals surface area (Å²) >= 11 is 0. The van der Waals surface area contributed by atoms with Gasteiger partial charge in [-0.1, -0.05) is 6.92 Å². The average Bonchev–Trinajstić information content (AvgIpc) is 2.99. The molecule has 4 N–H and O–H groups in total. The molecule has 1 aromatic rings. The van der Waals surface area contributed by atoms with Crippen LogP contribution in [0.15, 0.2) is 6.20 Å². The number of nitrogens with one attached hydrogen (secondary N) is 2. The van der Waals surface area contributed by atoms with Crippen molar-refractivity contribution in [2.75, 3.05) is 5.73 Å². The van der Waals surface area contributed by atoms with Crippen LogP contribution in [0.25, 0.3) is 0 Å². The van der Waals surface area contributed by atoms with Crippen molar-refractivity contribution >= 4 is 11.7 Å². The molecule has 2 rings (SSSR count). The SMILES string of the molecule is CC(C(=O)NCc1cn[nH]c1N)C1CC1. The molecule has 82 valence electrons. The lowest BCUT2D eigenvalue weighted by Crippen LogP contribution is -2.29. The molecule has 5 heteroatoms. The molecule has 1 aromatic heterocycles. The van der Waals surface area contributed by atoms with E-state index in [2.05, 4.69) is 15.5 Å². The van der Waals surface area contributed by atoms with Gasteiger partial charge in [-0.2, -0.15) is 5.10 Å². The first-order chi connectivity index (χ1) is 7.18. The van der Waals surface area contributed by atoms with Crippen LogP contribution in [0.1, 0.15) is 25.3 Å². The van der Waals surface area contributed by atoms with Gasteiger partial charge in [0, 0.05) is 18.0 Å². The smallest absolute Gasteiger partial charge is 0.223 e. The van der Waals surface area contributed by atoms with Crippen molar-refractivity contribution in [3.05, 3.63) is 11.8 Å². The summed E-state index contributed by atoms with van der Waals surface area (Å²) in [7, 11) is 0. The maximum absolute atomic E-state index is 11.6. The van der Waals surface area contributed by atoms with E-state index in [9.17, 15) is 4.79 Å². The zero-order valence-electron chi connectivity index (χ0n) is 8.79. The lowest BCUT2D eigenvalue weighted by atomic mass is 10.1. The number of amides is 1. The zero-order valence-corrected chi connectivity index (χ0v) is 8.79. The molecule has 1 fully saturated rings. The van der Waals surface area contributed by atoms with Gasteiger partial charge in [0.1, 0.15) is 5.82 Å². The Hall–Kier alpha value is -1.52. The summed E-state index contributed by atoms with van der Waals surface area (Å²) < 4.78 is 0. The fourth-order valence-electron chi connectivity index (χ4n) is 1.62. The summed E-state index contributed by atoms with van der Waals surface area (Å²) in [5.74, 6) is 1.34. The molecule has 1 aliphatic carbocycles. The number of carbonyl (C=O) groups is 1. The number of anilines is 1. The Balaban J connectivity index is 1.82. The highest BCUT2D eigenvalue weighted by Gasteiger charge is 2.32. The van der Waals surface area contributed by atoms with E-state index in [0.717, 1.165) is 5.56 Å². The van der Waals surface area contributed by atoms with Crippen LogP contribution in [-0.2, 0) is 11.3 Å². The second-order valence-corrected chi connectivity index (χ2v) is 4.15. The number of nitrogen functional groups attached to an aromatic ring is 1. The Morgan fingerprint density at radius 2 is 2.53 bits per heavy atom. The first-order valence-electron chi connectivity index (χ1n) is 5.24. The molecule has 1 aliphatic rings. The van der Waals surface area contributed by atoms with E-state index in [1.54, 1.807) is 6.20 Å². The quantitative estimate of drug-likeness (QED) is 0.679. The largest absolute Gasteiger partial charge is 0.384 e. The van der Waals surface area contributed by atoms with Crippen LogP contribution >= 0.6 is 0 Å². The molecular formula is C10H16N4O. The summed E-state index contributed by atoms with van der Waals surface area (Å²) in [5, 5.41) is 9.29. The molecule has 0 aliphatic heterocycles. The van der Waals surface area contributed by atoms with Gasteiger partial charge in [-0.05, 0) is 18.8 Å². The van der Waals surface area contributed by atoms with Gasteiger partial charge in [-0.15, -0.1) is 0 Å². The highest BCUT2D eigenvalue weighted by Crippen LogP contribution is 2.36. The molecular weight excluding hydrogens is 192 g/mol. The van der Waals surface area contributed by atoms with E-state index in [1.807, 2.05) is 6.92 Å². The summed E-state index contributed by atoms with van der Waals surface area (Å²) in [6, 6.07) is 0. The van der Waals surface area contributed by atoms with Crippen molar-refractivity contribution in [3.63, 3.8) is 0 Å². The van der Waals surface area contributed by atoms with E-state index in [1.165, 1.54) is 12.8 Å². The molecule has 1 saturated carbocycles. The van der Waals surface area contributed by atoms with Crippen molar-refractivity contribution in [1.29, 1.82) is 0 Å². The first kappa shape index (κ1) is 10.0. The fourth-order valence-corrected chi connectivity index (χ4v) is 1.62. The molecule has 0 radical (unpaired) electrons. The molecule has 1 heterocycles. The minimum Gasteiger partial charge on any atom is -0.384 e. The average molecular weight is 208 g/mol. The Kier molecular flexibility index (Phi) is 2.62. The molecule has 0 saturated heterocycles. The minimum absolute atomic E-state index is 0.109. The Morgan fingerprint density at radius 3 is 3.07 bits per heavy atom. The maximum Gasteiger partial charge on any atom is 0.223 e. The third-order valence-corrected chi connectivity index (χ3v) is 2.95. The number of rotatable bonds is 4. The maximum atomic E-state index is 11.6. The zero-order chi connectivity index (χ0) is 10.8. The van der Waals surface area contributed by atoms with Gasteiger partial charge in [0.25, 0.3) is 0 Å². The van der Waals surface area contributed by atoms with Gasteiger partial charge in [0.15, 0.2) is 0 Å². The number of nitrogens with two attached hydrogens (primary N) is 1. The van der Waals surface area contributed by atoms with Crippen LogP contribution in [0.2, 0.25) is 0 Å². The van der Waals surface area contributed by atoms with Crippen molar-refractivity contribution in [1.82, 2.24) is 15.5 Å². The van der Waals surface area contributed by atoms with E-state index in [4.69, 9.17) is 5.73 Å². The van der Waals surface area contributed by atoms with Gasteiger partial charge >= 0.3 is 0 Å². The second-order valence-electron chi connectivity index (χ2n) is 4.15. The van der Waals surface area contributed by atoms with Crippen molar-refractivity contribution in [2.24, 2.45) is 11.8 Å². The fraction of sp³-hybridized carbons (Fsp3) is 0.600. The number of hydrogen-bond acceptors (Lipinski definition) is 3. The van der Waals surface area contributed by atoms with Crippen molar-refractivity contribution in [3.8, 4) is 0 Å². The van der Waals surface area contributed by atoms with Crippen LogP contribution in [0.4, 0.5) is 5.82 Å². The second kappa shape index (κ2) is 3.92. The lowest BCUT2D eigenvalue weighted by molar-refractivity contribution is -0.125. The molecule has 1 unspecified atom stereocenters. The Morgan fingerprint density at radius 1 is 1.80 bits per heavy atom. The molecule has 1 atom stereocenters. The number of aromatic amines is 1. The minimum atomic E-state index is 0.109. The molecule has 1 amide bonds. The standard InChI is InChI=1S/C10H16N4O/c1-6(7-2-3-7)10(15)12-4-8-5-13-14-9(8)11/h5-7H,2-4H2,1H3,(H,12,15)(H3,11,13,14). The first-order valence-corrected chi connectivity index (χ1v) is 5.24. The number of hydrogen-bond donors (Lipinski definition) is 3. The summed E-state index contributed by atoms with van der Waals surface area (Å²) in [6.07, 6.45) is 4.00. The molecule has 0 spiro atoms. The van der Waals surface area contributed by atoms with Gasteiger partial charge < -0.3 is 11.1 Å². The predicted molar refractivity (Wildman–Crippen MR) is 56.7 cm³/mol. The van der Waals surface area contributed by atoms with Crippen molar-refractivity contribution < 1.29 is 4.79 Å². The highest BCUT2D eigenvalue weighted by atomic mass is 16.1. The number of aromatic nitrogens is 2. The van der Waals surface area contributed by atoms with E-state index in [-0.39, 0.29) is 11.8 Å². The van der Waals surface area contributed by atoms with Gasteiger partial charge in [-0.3, -0.25) is 9.89 Å². The summed E-state index contributed by atoms with van der Waals surface area (Å²) in [6.45, 7) is 2.43. The third-order valence-electron chi connectivity index (χ3n) is 2.95. The summed E-state index contributed by atoms with van der Waals surface area (Å²) in [4.78, 5) is 11.6. The molecule has 0 bridgehead atoms. The van der Waals surface area contributed by atoms with Crippen LogP contribution in [-0.4, -0.2) is 16.1 Å². The topological polar surface area (TPSA) is 83.8 Å². The van der Waals surface area contributed by atoms with E-state index < -0.39 is 0 Å². The number of carbonyl (C=O) groups excluding carboxylic acids is 1. The van der Waals surface area contributed by atoms with Crippen LogP contribution in [0.5, 0.6) is 0 Å². The van der Waals surface area contributed by atoms with E-state index in [0.29, 0.717) is 18.3 Å².